The van der Waals surface area contributed by atoms with Crippen LogP contribution >= 0.6 is 0 Å². The van der Waals surface area contributed by atoms with Crippen LogP contribution in [-0.4, -0.2) is 67.9 Å². The Morgan fingerprint density at radius 1 is 1.28 bits per heavy atom. The third-order valence-corrected chi connectivity index (χ3v) is 4.88. The average Bonchev–Trinajstić information content (AvgIpc) is 3.46. The van der Waals surface area contributed by atoms with Gasteiger partial charge in [0.05, 0.1) is 13.2 Å². The number of carbonyl (C=O) groups is 3. The minimum Gasteiger partial charge on any atom is -0.370 e. The molecule has 29 heavy (non-hydrogen) atoms. The van der Waals surface area contributed by atoms with Crippen molar-refractivity contribution in [3.63, 3.8) is 0 Å². The summed E-state index contributed by atoms with van der Waals surface area (Å²) < 4.78 is 31.0. The van der Waals surface area contributed by atoms with E-state index in [4.69, 9.17) is 10.5 Å². The summed E-state index contributed by atoms with van der Waals surface area (Å²) in [5.74, 6) is -1.69. The summed E-state index contributed by atoms with van der Waals surface area (Å²) in [6.45, 7) is 0.405. The molecule has 2 aliphatic rings. The first kappa shape index (κ1) is 21.1. The van der Waals surface area contributed by atoms with Crippen LogP contribution in [0.5, 0.6) is 0 Å². The fraction of sp³-hybridized carbons (Fsp3) is 0.526. The lowest BCUT2D eigenvalue weighted by molar-refractivity contribution is -0.133. The van der Waals surface area contributed by atoms with Gasteiger partial charge in [0, 0.05) is 24.5 Å². The number of hydrogen-bond donors (Lipinski definition) is 2. The van der Waals surface area contributed by atoms with Gasteiger partial charge in [0.25, 0.3) is 18.2 Å². The normalized spacial score (nSPS) is 18.2. The number of benzene rings is 1. The Kier molecular flexibility index (Phi) is 6.75. The van der Waals surface area contributed by atoms with Gasteiger partial charge in [-0.1, -0.05) is 0 Å². The molecule has 1 heterocycles. The molecule has 10 heteroatoms. The number of alkyl halides is 2. The molecule has 158 valence electrons. The summed E-state index contributed by atoms with van der Waals surface area (Å²) >= 11 is 0. The number of ether oxygens (including phenoxy) is 1. The zero-order valence-electron chi connectivity index (χ0n) is 15.9. The Hall–Kier alpha value is -2.59. The van der Waals surface area contributed by atoms with E-state index in [-0.39, 0.29) is 25.0 Å². The lowest BCUT2D eigenvalue weighted by atomic mass is 10.1. The largest absolute Gasteiger partial charge is 0.370 e. The fourth-order valence-electron chi connectivity index (χ4n) is 3.30. The minimum atomic E-state index is -2.69. The molecule has 2 fully saturated rings. The molecule has 1 aliphatic carbocycles. The van der Waals surface area contributed by atoms with E-state index in [0.29, 0.717) is 24.5 Å². The first-order valence-corrected chi connectivity index (χ1v) is 9.45. The van der Waals surface area contributed by atoms with Crippen LogP contribution in [0.3, 0.4) is 0 Å². The highest BCUT2D eigenvalue weighted by Crippen LogP contribution is 2.30. The number of rotatable bonds is 9. The predicted octanol–water partition coefficient (Wildman–Crippen LogP) is 0.819. The molecule has 0 bridgehead atoms. The van der Waals surface area contributed by atoms with Crippen LogP contribution in [0, 0.1) is 5.92 Å². The Morgan fingerprint density at radius 2 is 1.97 bits per heavy atom. The van der Waals surface area contributed by atoms with Crippen molar-refractivity contribution in [1.82, 2.24) is 4.90 Å². The van der Waals surface area contributed by atoms with Crippen molar-refractivity contribution in [3.05, 3.63) is 24.3 Å². The summed E-state index contributed by atoms with van der Waals surface area (Å²) in [6, 6.07) is 4.97. The smallest absolute Gasteiger partial charge is 0.253 e. The second-order valence-electron chi connectivity index (χ2n) is 7.23. The van der Waals surface area contributed by atoms with E-state index in [1.807, 2.05) is 0 Å². The molecule has 1 saturated carbocycles. The summed E-state index contributed by atoms with van der Waals surface area (Å²) in [5.41, 5.74) is 6.38. The molecule has 1 atom stereocenters. The molecule has 1 aliphatic heterocycles. The third-order valence-electron chi connectivity index (χ3n) is 4.88. The van der Waals surface area contributed by atoms with Gasteiger partial charge in [-0.05, 0) is 43.0 Å². The first-order chi connectivity index (χ1) is 13.8. The Labute approximate surface area is 167 Å². The molecule has 1 aromatic rings. The average molecular weight is 410 g/mol. The number of nitrogens with two attached hydrogens (primary N) is 1. The number of anilines is 2. The molecule has 0 spiro atoms. The maximum absolute atomic E-state index is 13.0. The van der Waals surface area contributed by atoms with Crippen molar-refractivity contribution in [2.45, 2.75) is 25.3 Å². The van der Waals surface area contributed by atoms with Crippen molar-refractivity contribution >= 4 is 29.1 Å². The van der Waals surface area contributed by atoms with E-state index in [9.17, 15) is 23.2 Å². The molecular weight excluding hydrogens is 386 g/mol. The van der Waals surface area contributed by atoms with E-state index in [0.717, 1.165) is 17.7 Å². The molecular formula is C19H24F2N4O4. The van der Waals surface area contributed by atoms with E-state index in [2.05, 4.69) is 5.32 Å². The monoisotopic (exact) mass is 410 g/mol. The summed E-state index contributed by atoms with van der Waals surface area (Å²) in [4.78, 5) is 39.1. The molecule has 8 nitrogen and oxygen atoms in total. The zero-order chi connectivity index (χ0) is 21.0. The van der Waals surface area contributed by atoms with Gasteiger partial charge in [-0.15, -0.1) is 0 Å². The molecule has 3 amide bonds. The molecule has 1 aromatic carbocycles. The van der Waals surface area contributed by atoms with Crippen LogP contribution in [0.25, 0.3) is 0 Å². The molecule has 1 saturated heterocycles. The lowest BCUT2D eigenvalue weighted by Gasteiger charge is -2.28. The Morgan fingerprint density at radius 3 is 2.52 bits per heavy atom. The summed E-state index contributed by atoms with van der Waals surface area (Å²) in [7, 11) is 0. The first-order valence-electron chi connectivity index (χ1n) is 9.45. The second kappa shape index (κ2) is 9.27. The highest BCUT2D eigenvalue weighted by atomic mass is 19.3. The Balaban J connectivity index is 1.68. The third kappa shape index (κ3) is 5.70. The van der Waals surface area contributed by atoms with Crippen molar-refractivity contribution in [2.24, 2.45) is 11.7 Å². The highest BCUT2D eigenvalue weighted by molar-refractivity contribution is 6.09. The lowest BCUT2D eigenvalue weighted by Crippen LogP contribution is -2.54. The molecule has 3 rings (SSSR count). The van der Waals surface area contributed by atoms with Crippen molar-refractivity contribution in [3.8, 4) is 0 Å². The van der Waals surface area contributed by atoms with E-state index < -0.39 is 30.8 Å². The topological polar surface area (TPSA) is 105 Å². The van der Waals surface area contributed by atoms with E-state index in [1.165, 1.54) is 0 Å². The van der Waals surface area contributed by atoms with Gasteiger partial charge in [0.15, 0.2) is 6.04 Å². The molecule has 0 aromatic heterocycles. The number of morpholine rings is 1. The maximum atomic E-state index is 13.0. The predicted molar refractivity (Wildman–Crippen MR) is 102 cm³/mol. The van der Waals surface area contributed by atoms with E-state index in [1.54, 1.807) is 29.2 Å². The van der Waals surface area contributed by atoms with Gasteiger partial charge in [-0.2, -0.15) is 0 Å². The summed E-state index contributed by atoms with van der Waals surface area (Å²) in [6.07, 6.45) is -0.919. The number of nitrogens with one attached hydrogen (secondary N) is 1. The van der Waals surface area contributed by atoms with E-state index >= 15 is 0 Å². The van der Waals surface area contributed by atoms with Gasteiger partial charge in [0.2, 0.25) is 5.91 Å². The van der Waals surface area contributed by atoms with Crippen LogP contribution in [0.4, 0.5) is 20.2 Å². The molecule has 0 radical (unpaired) electrons. The fourth-order valence-corrected chi connectivity index (χ4v) is 3.30. The van der Waals surface area contributed by atoms with Gasteiger partial charge in [-0.3, -0.25) is 19.3 Å². The van der Waals surface area contributed by atoms with Crippen LogP contribution in [0.15, 0.2) is 24.3 Å². The minimum absolute atomic E-state index is 0.0136. The summed E-state index contributed by atoms with van der Waals surface area (Å²) in [5, 5.41) is 2.56. The number of hydrogen-bond acceptors (Lipinski definition) is 5. The maximum Gasteiger partial charge on any atom is 0.253 e. The van der Waals surface area contributed by atoms with Crippen LogP contribution in [0.2, 0.25) is 0 Å². The SMILES string of the molecule is NC(=O)[C@@H](C(=O)Nc1ccc(N2CCOCC2=O)cc1)N(CC(F)F)CC1CC1. The highest BCUT2D eigenvalue weighted by Gasteiger charge is 2.36. The van der Waals surface area contributed by atoms with Gasteiger partial charge >= 0.3 is 0 Å². The second-order valence-corrected chi connectivity index (χ2v) is 7.23. The Bertz CT molecular complexity index is 751. The van der Waals surface area contributed by atoms with Gasteiger partial charge in [0.1, 0.15) is 6.61 Å². The van der Waals surface area contributed by atoms with Crippen molar-refractivity contribution in [1.29, 1.82) is 0 Å². The van der Waals surface area contributed by atoms with Crippen molar-refractivity contribution < 1.29 is 27.9 Å². The van der Waals surface area contributed by atoms with Gasteiger partial charge < -0.3 is 20.7 Å². The van der Waals surface area contributed by atoms with Crippen LogP contribution in [-0.2, 0) is 19.1 Å². The molecule has 3 N–H and O–H groups in total. The van der Waals surface area contributed by atoms with Crippen molar-refractivity contribution in [2.75, 3.05) is 43.1 Å². The van der Waals surface area contributed by atoms with Gasteiger partial charge in [-0.25, -0.2) is 8.78 Å². The van der Waals surface area contributed by atoms with Crippen LogP contribution < -0.4 is 16.0 Å². The number of primary amides is 1. The van der Waals surface area contributed by atoms with Crippen LogP contribution in [0.1, 0.15) is 12.8 Å². The quantitative estimate of drug-likeness (QED) is 0.587. The number of amides is 3. The molecule has 0 unspecified atom stereocenters. The number of halogens is 2. The standard InChI is InChI=1S/C19H24F2N4O4/c20-15(21)10-24(9-12-1-2-12)17(18(22)27)19(28)23-13-3-5-14(6-4-13)25-7-8-29-11-16(25)26/h3-6,12,15,17H,1-2,7-11H2,(H2,22,27)(H,23,28)/t17-/m0/s1. The zero-order valence-corrected chi connectivity index (χ0v) is 15.9. The number of nitrogens with zero attached hydrogens (tertiary/aromatic N) is 2. The number of carbonyl (C=O) groups excluding carboxylic acids is 3.